The van der Waals surface area contributed by atoms with Crippen molar-refractivity contribution in [2.24, 2.45) is 0 Å². The molecule has 14 heavy (non-hydrogen) atoms. The van der Waals surface area contributed by atoms with Crippen LogP contribution in [0.4, 0.5) is 4.39 Å². The summed E-state index contributed by atoms with van der Waals surface area (Å²) in [5.41, 5.74) is -0.320. The van der Waals surface area contributed by atoms with Gasteiger partial charge in [0.2, 0.25) is 5.91 Å². The monoisotopic (exact) mass is 200 g/mol. The summed E-state index contributed by atoms with van der Waals surface area (Å²) in [6, 6.07) is -0.751. The number of hydrogen-bond acceptors (Lipinski definition) is 2. The summed E-state index contributed by atoms with van der Waals surface area (Å²) in [6.07, 6.45) is 2.48. The molecule has 0 bridgehead atoms. The molecule has 0 aromatic carbocycles. The first-order chi connectivity index (χ1) is 6.40. The standard InChI is InChI=1S/C10H17FN2O/c1-10(2,3)13-9(14)8-7(11)5-4-6-12-8/h4,6-8,12H,5H2,1-3H3,(H,13,14). The van der Waals surface area contributed by atoms with Crippen LogP contribution in [0.5, 0.6) is 0 Å². The molecule has 3 nitrogen and oxygen atoms in total. The zero-order chi connectivity index (χ0) is 10.8. The molecule has 0 aromatic rings. The highest BCUT2D eigenvalue weighted by atomic mass is 19.1. The smallest absolute Gasteiger partial charge is 0.245 e. The van der Waals surface area contributed by atoms with E-state index in [-0.39, 0.29) is 11.4 Å². The molecule has 2 N–H and O–H groups in total. The highest BCUT2D eigenvalue weighted by Crippen LogP contribution is 2.11. The molecule has 1 aliphatic rings. The van der Waals surface area contributed by atoms with Gasteiger partial charge in [-0.15, -0.1) is 0 Å². The van der Waals surface area contributed by atoms with Gasteiger partial charge in [-0.2, -0.15) is 0 Å². The van der Waals surface area contributed by atoms with E-state index >= 15 is 0 Å². The van der Waals surface area contributed by atoms with Crippen LogP contribution in [0.15, 0.2) is 12.3 Å². The maximum Gasteiger partial charge on any atom is 0.245 e. The third-order valence-electron chi connectivity index (χ3n) is 1.90. The van der Waals surface area contributed by atoms with Crippen LogP contribution in [0.2, 0.25) is 0 Å². The number of rotatable bonds is 1. The molecule has 2 unspecified atom stereocenters. The van der Waals surface area contributed by atoms with E-state index in [4.69, 9.17) is 0 Å². The van der Waals surface area contributed by atoms with Crippen LogP contribution in [0.3, 0.4) is 0 Å². The van der Waals surface area contributed by atoms with Gasteiger partial charge in [-0.1, -0.05) is 6.08 Å². The molecule has 0 saturated heterocycles. The Morgan fingerprint density at radius 1 is 1.57 bits per heavy atom. The van der Waals surface area contributed by atoms with Crippen LogP contribution < -0.4 is 10.6 Å². The first-order valence-electron chi connectivity index (χ1n) is 4.77. The number of carbonyl (C=O) groups excluding carboxylic acids is 1. The fourth-order valence-electron chi connectivity index (χ4n) is 1.30. The van der Waals surface area contributed by atoms with Crippen molar-refractivity contribution in [3.8, 4) is 0 Å². The third kappa shape index (κ3) is 3.01. The average molecular weight is 200 g/mol. The summed E-state index contributed by atoms with van der Waals surface area (Å²) in [5, 5.41) is 5.47. The second kappa shape index (κ2) is 3.98. The zero-order valence-corrected chi connectivity index (χ0v) is 8.80. The largest absolute Gasteiger partial charge is 0.378 e. The van der Waals surface area contributed by atoms with Gasteiger partial charge in [-0.05, 0) is 27.0 Å². The topological polar surface area (TPSA) is 41.1 Å². The number of hydrogen-bond donors (Lipinski definition) is 2. The summed E-state index contributed by atoms with van der Waals surface area (Å²) in [5.74, 6) is -0.283. The summed E-state index contributed by atoms with van der Waals surface area (Å²) < 4.78 is 13.3. The Hall–Kier alpha value is -1.06. The van der Waals surface area contributed by atoms with Crippen LogP contribution in [-0.2, 0) is 4.79 Å². The van der Waals surface area contributed by atoms with E-state index in [2.05, 4.69) is 10.6 Å². The van der Waals surface area contributed by atoms with Crippen molar-refractivity contribution in [2.45, 2.75) is 44.9 Å². The second-order valence-electron chi connectivity index (χ2n) is 4.54. The van der Waals surface area contributed by atoms with E-state index in [1.54, 1.807) is 12.3 Å². The minimum atomic E-state index is -1.14. The van der Waals surface area contributed by atoms with Crippen molar-refractivity contribution in [3.63, 3.8) is 0 Å². The van der Waals surface area contributed by atoms with Crippen molar-refractivity contribution in [1.29, 1.82) is 0 Å². The Balaban J connectivity index is 2.56. The predicted molar refractivity (Wildman–Crippen MR) is 53.5 cm³/mol. The Morgan fingerprint density at radius 2 is 2.21 bits per heavy atom. The quantitative estimate of drug-likeness (QED) is 0.666. The van der Waals surface area contributed by atoms with Gasteiger partial charge in [-0.25, -0.2) is 4.39 Å². The van der Waals surface area contributed by atoms with Crippen LogP contribution in [-0.4, -0.2) is 23.7 Å². The van der Waals surface area contributed by atoms with E-state index in [0.29, 0.717) is 6.42 Å². The molecule has 4 heteroatoms. The fourth-order valence-corrected chi connectivity index (χ4v) is 1.30. The Labute approximate surface area is 83.8 Å². The summed E-state index contributed by atoms with van der Waals surface area (Å²) in [4.78, 5) is 11.6. The van der Waals surface area contributed by atoms with Crippen LogP contribution in [0.1, 0.15) is 27.2 Å². The Bertz CT molecular complexity index is 245. The SMILES string of the molecule is CC(C)(C)NC(=O)C1NC=CCC1F. The van der Waals surface area contributed by atoms with Crippen LogP contribution >= 0.6 is 0 Å². The van der Waals surface area contributed by atoms with Gasteiger partial charge in [0.25, 0.3) is 0 Å². The van der Waals surface area contributed by atoms with Crippen molar-refractivity contribution in [2.75, 3.05) is 0 Å². The molecule has 1 heterocycles. The fraction of sp³-hybridized carbons (Fsp3) is 0.700. The van der Waals surface area contributed by atoms with Gasteiger partial charge < -0.3 is 10.6 Å². The van der Waals surface area contributed by atoms with Gasteiger partial charge in [0, 0.05) is 12.0 Å². The highest BCUT2D eigenvalue weighted by molar-refractivity contribution is 5.83. The highest BCUT2D eigenvalue weighted by Gasteiger charge is 2.30. The Kier molecular flexibility index (Phi) is 3.13. The molecule has 80 valence electrons. The lowest BCUT2D eigenvalue weighted by atomic mass is 10.0. The lowest BCUT2D eigenvalue weighted by Crippen LogP contribution is -2.54. The van der Waals surface area contributed by atoms with E-state index in [1.165, 1.54) is 0 Å². The third-order valence-corrected chi connectivity index (χ3v) is 1.90. The lowest BCUT2D eigenvalue weighted by molar-refractivity contribution is -0.126. The van der Waals surface area contributed by atoms with Crippen LogP contribution in [0, 0.1) is 0 Å². The molecular weight excluding hydrogens is 183 g/mol. The number of carbonyl (C=O) groups is 1. The maximum atomic E-state index is 13.3. The summed E-state index contributed by atoms with van der Waals surface area (Å²) in [7, 11) is 0. The van der Waals surface area contributed by atoms with Gasteiger partial charge in [-0.3, -0.25) is 4.79 Å². The molecule has 1 amide bonds. The first-order valence-corrected chi connectivity index (χ1v) is 4.77. The minimum absolute atomic E-state index is 0.283. The maximum absolute atomic E-state index is 13.3. The molecule has 0 aliphatic carbocycles. The first kappa shape index (κ1) is 11.0. The van der Waals surface area contributed by atoms with Crippen molar-refractivity contribution in [1.82, 2.24) is 10.6 Å². The number of halogens is 1. The molecule has 2 atom stereocenters. The molecule has 0 fully saturated rings. The van der Waals surface area contributed by atoms with E-state index in [1.807, 2.05) is 20.8 Å². The lowest BCUT2D eigenvalue weighted by Gasteiger charge is -2.28. The van der Waals surface area contributed by atoms with Crippen molar-refractivity contribution < 1.29 is 9.18 Å². The van der Waals surface area contributed by atoms with Crippen LogP contribution in [0.25, 0.3) is 0 Å². The molecule has 0 saturated carbocycles. The van der Waals surface area contributed by atoms with Crippen molar-refractivity contribution in [3.05, 3.63) is 12.3 Å². The number of allylic oxidation sites excluding steroid dienone is 1. The minimum Gasteiger partial charge on any atom is -0.378 e. The normalized spacial score (nSPS) is 26.9. The van der Waals surface area contributed by atoms with E-state index in [0.717, 1.165) is 0 Å². The summed E-state index contributed by atoms with van der Waals surface area (Å²) in [6.45, 7) is 5.62. The predicted octanol–water partition coefficient (Wildman–Crippen LogP) is 1.11. The zero-order valence-electron chi connectivity index (χ0n) is 8.80. The summed E-state index contributed by atoms with van der Waals surface area (Å²) >= 11 is 0. The molecule has 0 radical (unpaired) electrons. The molecule has 1 rings (SSSR count). The molecular formula is C10H17FN2O. The second-order valence-corrected chi connectivity index (χ2v) is 4.54. The van der Waals surface area contributed by atoms with Gasteiger partial charge in [0.05, 0.1) is 0 Å². The van der Waals surface area contributed by atoms with Gasteiger partial charge in [0.15, 0.2) is 0 Å². The van der Waals surface area contributed by atoms with E-state index < -0.39 is 12.2 Å². The molecule has 1 aliphatic heterocycles. The number of amides is 1. The van der Waals surface area contributed by atoms with Crippen molar-refractivity contribution >= 4 is 5.91 Å². The number of alkyl halides is 1. The molecule has 0 aromatic heterocycles. The average Bonchev–Trinajstić information content (AvgIpc) is 2.01. The molecule has 0 spiro atoms. The van der Waals surface area contributed by atoms with Gasteiger partial charge in [0.1, 0.15) is 12.2 Å². The van der Waals surface area contributed by atoms with Gasteiger partial charge >= 0.3 is 0 Å². The number of nitrogens with one attached hydrogen (secondary N) is 2. The Morgan fingerprint density at radius 3 is 2.71 bits per heavy atom. The van der Waals surface area contributed by atoms with E-state index in [9.17, 15) is 9.18 Å².